The summed E-state index contributed by atoms with van der Waals surface area (Å²) in [7, 11) is 0. The maximum absolute atomic E-state index is 12.6. The van der Waals surface area contributed by atoms with Crippen LogP contribution in [0.5, 0.6) is 0 Å². The summed E-state index contributed by atoms with van der Waals surface area (Å²) in [6, 6.07) is 5.45. The third-order valence-electron chi connectivity index (χ3n) is 4.29. The van der Waals surface area contributed by atoms with Crippen LogP contribution < -0.4 is 11.1 Å². The van der Waals surface area contributed by atoms with E-state index in [0.29, 0.717) is 5.56 Å². The van der Waals surface area contributed by atoms with Gasteiger partial charge in [-0.05, 0) is 37.0 Å². The van der Waals surface area contributed by atoms with Gasteiger partial charge in [-0.15, -0.1) is 0 Å². The third kappa shape index (κ3) is 7.21. The first-order chi connectivity index (χ1) is 13.5. The van der Waals surface area contributed by atoms with Crippen LogP contribution >= 0.6 is 0 Å². The molecule has 29 heavy (non-hydrogen) atoms. The third-order valence-corrected chi connectivity index (χ3v) is 4.29. The van der Waals surface area contributed by atoms with E-state index in [4.69, 9.17) is 15.2 Å². The number of carbonyl (C=O) groups excluding carboxylic acids is 4. The molecule has 3 N–H and O–H groups in total. The lowest BCUT2D eigenvalue weighted by Crippen LogP contribution is -2.52. The van der Waals surface area contributed by atoms with E-state index in [0.717, 1.165) is 5.56 Å². The summed E-state index contributed by atoms with van der Waals surface area (Å²) in [6.07, 6.45) is -0.441. The number of esters is 2. The molecule has 2 atom stereocenters. The van der Waals surface area contributed by atoms with Gasteiger partial charge in [-0.25, -0.2) is 0 Å². The van der Waals surface area contributed by atoms with Crippen molar-refractivity contribution in [3.63, 3.8) is 0 Å². The first kappa shape index (κ1) is 24.1. The number of rotatable bonds is 9. The first-order valence-corrected chi connectivity index (χ1v) is 9.54. The van der Waals surface area contributed by atoms with Crippen molar-refractivity contribution >= 4 is 23.8 Å². The van der Waals surface area contributed by atoms with Crippen molar-refractivity contribution in [2.75, 3.05) is 13.2 Å². The Morgan fingerprint density at radius 3 is 2.00 bits per heavy atom. The highest BCUT2D eigenvalue weighted by Gasteiger charge is 2.37. The van der Waals surface area contributed by atoms with Crippen molar-refractivity contribution < 1.29 is 28.7 Å². The molecular formula is C21H30N2O6. The zero-order valence-electron chi connectivity index (χ0n) is 17.6. The number of hydrogen-bond donors (Lipinski definition) is 2. The molecule has 0 aromatic heterocycles. The van der Waals surface area contributed by atoms with Crippen LogP contribution in [0.2, 0.25) is 0 Å². The Balaban J connectivity index is 3.08. The molecule has 0 fully saturated rings. The second kappa shape index (κ2) is 10.6. The van der Waals surface area contributed by atoms with Gasteiger partial charge in [0.1, 0.15) is 6.04 Å². The number of nitrogens with two attached hydrogens (primary N) is 1. The average Bonchev–Trinajstić information content (AvgIpc) is 2.64. The van der Waals surface area contributed by atoms with E-state index in [1.54, 1.807) is 26.0 Å². The van der Waals surface area contributed by atoms with Crippen LogP contribution in [0.4, 0.5) is 0 Å². The predicted octanol–water partition coefficient (Wildman–Crippen LogP) is 1.70. The predicted molar refractivity (Wildman–Crippen MR) is 107 cm³/mol. The molecule has 0 bridgehead atoms. The molecule has 8 nitrogen and oxygen atoms in total. The van der Waals surface area contributed by atoms with Gasteiger partial charge in [-0.1, -0.05) is 32.9 Å². The van der Waals surface area contributed by atoms with Crippen molar-refractivity contribution in [3.8, 4) is 0 Å². The average molecular weight is 406 g/mol. The largest absolute Gasteiger partial charge is 0.466 e. The standard InChI is InChI=1S/C21H30N2O6/c1-6-28-16(24)12-15(20(27)29-7-2)17(18(22)25)23-19(26)13-8-10-14(11-9-13)21(3,4)5/h8-11,15,17H,6-7,12H2,1-5H3,(H2,22,25)(H,23,26)/t15-,17+/m0/s1. The molecule has 1 aromatic rings. The Kier molecular flexibility index (Phi) is 8.82. The summed E-state index contributed by atoms with van der Waals surface area (Å²) < 4.78 is 9.80. The van der Waals surface area contributed by atoms with Crippen LogP contribution in [-0.4, -0.2) is 43.0 Å². The van der Waals surface area contributed by atoms with Gasteiger partial charge in [0.2, 0.25) is 5.91 Å². The SMILES string of the molecule is CCOC(=O)C[C@H](C(=O)OCC)[C@@H](NC(=O)c1ccc(C(C)(C)C)cc1)C(N)=O. The Morgan fingerprint density at radius 2 is 1.55 bits per heavy atom. The minimum absolute atomic E-state index is 0.0475. The molecule has 2 amide bonds. The van der Waals surface area contributed by atoms with Crippen LogP contribution in [0, 0.1) is 5.92 Å². The molecule has 160 valence electrons. The minimum atomic E-state index is -1.42. The van der Waals surface area contributed by atoms with Gasteiger partial charge < -0.3 is 20.5 Å². The fourth-order valence-corrected chi connectivity index (χ4v) is 2.70. The summed E-state index contributed by atoms with van der Waals surface area (Å²) in [5, 5.41) is 2.46. The van der Waals surface area contributed by atoms with E-state index in [-0.39, 0.29) is 18.6 Å². The van der Waals surface area contributed by atoms with Crippen molar-refractivity contribution in [2.24, 2.45) is 11.7 Å². The Labute approximate surface area is 171 Å². The molecule has 0 saturated heterocycles. The molecule has 1 rings (SSSR count). The van der Waals surface area contributed by atoms with Crippen molar-refractivity contribution in [1.82, 2.24) is 5.32 Å². The van der Waals surface area contributed by atoms with Gasteiger partial charge in [0.15, 0.2) is 0 Å². The van der Waals surface area contributed by atoms with Crippen LogP contribution in [0.25, 0.3) is 0 Å². The molecule has 0 aliphatic rings. The highest BCUT2D eigenvalue weighted by atomic mass is 16.5. The van der Waals surface area contributed by atoms with Crippen molar-refractivity contribution in [2.45, 2.75) is 52.5 Å². The number of ether oxygens (including phenoxy) is 2. The Bertz CT molecular complexity index is 737. The number of amides is 2. The summed E-state index contributed by atoms with van der Waals surface area (Å²) in [6.45, 7) is 9.51. The number of nitrogens with one attached hydrogen (secondary N) is 1. The molecule has 0 heterocycles. The van der Waals surface area contributed by atoms with Gasteiger partial charge >= 0.3 is 11.9 Å². The van der Waals surface area contributed by atoms with E-state index in [1.165, 1.54) is 0 Å². The summed E-state index contributed by atoms with van der Waals surface area (Å²) >= 11 is 0. The van der Waals surface area contributed by atoms with Gasteiger partial charge in [0.25, 0.3) is 5.91 Å². The summed E-state index contributed by atoms with van der Waals surface area (Å²) in [5.74, 6) is -4.34. The lowest BCUT2D eigenvalue weighted by atomic mass is 9.86. The van der Waals surface area contributed by atoms with E-state index in [9.17, 15) is 19.2 Å². The molecule has 0 aliphatic carbocycles. The monoisotopic (exact) mass is 406 g/mol. The van der Waals surface area contributed by atoms with Gasteiger partial charge in [-0.2, -0.15) is 0 Å². The molecule has 8 heteroatoms. The van der Waals surface area contributed by atoms with Gasteiger partial charge in [0, 0.05) is 5.56 Å². The minimum Gasteiger partial charge on any atom is -0.466 e. The zero-order valence-corrected chi connectivity index (χ0v) is 17.6. The van der Waals surface area contributed by atoms with Gasteiger partial charge in [-0.3, -0.25) is 19.2 Å². The quantitative estimate of drug-likeness (QED) is 0.602. The zero-order chi connectivity index (χ0) is 22.2. The first-order valence-electron chi connectivity index (χ1n) is 9.54. The fraction of sp³-hybridized carbons (Fsp3) is 0.524. The molecule has 0 saturated carbocycles. The lowest BCUT2D eigenvalue weighted by molar-refractivity contribution is -0.156. The number of hydrogen-bond acceptors (Lipinski definition) is 6. The van der Waals surface area contributed by atoms with Crippen LogP contribution in [0.3, 0.4) is 0 Å². The van der Waals surface area contributed by atoms with Crippen molar-refractivity contribution in [3.05, 3.63) is 35.4 Å². The normalized spacial score (nSPS) is 13.1. The topological polar surface area (TPSA) is 125 Å². The van der Waals surface area contributed by atoms with Crippen molar-refractivity contribution in [1.29, 1.82) is 0 Å². The second-order valence-corrected chi connectivity index (χ2v) is 7.55. The number of primary amides is 1. The van der Waals surface area contributed by atoms with Gasteiger partial charge in [0.05, 0.1) is 25.6 Å². The number of carbonyl (C=O) groups is 4. The Morgan fingerprint density at radius 1 is 1.00 bits per heavy atom. The summed E-state index contributed by atoms with van der Waals surface area (Å²) in [4.78, 5) is 48.8. The highest BCUT2D eigenvalue weighted by molar-refractivity contribution is 5.99. The molecule has 0 unspecified atom stereocenters. The highest BCUT2D eigenvalue weighted by Crippen LogP contribution is 2.22. The van der Waals surface area contributed by atoms with E-state index in [1.807, 2.05) is 32.9 Å². The van der Waals surface area contributed by atoms with Crippen LogP contribution in [0.15, 0.2) is 24.3 Å². The molecule has 1 aromatic carbocycles. The fourth-order valence-electron chi connectivity index (χ4n) is 2.70. The van der Waals surface area contributed by atoms with E-state index >= 15 is 0 Å². The maximum Gasteiger partial charge on any atom is 0.312 e. The molecule has 0 spiro atoms. The summed E-state index contributed by atoms with van der Waals surface area (Å²) in [5.41, 5.74) is 6.66. The lowest BCUT2D eigenvalue weighted by Gasteiger charge is -2.24. The Hall–Kier alpha value is -2.90. The molecule has 0 radical (unpaired) electrons. The van der Waals surface area contributed by atoms with E-state index in [2.05, 4.69) is 5.32 Å². The van der Waals surface area contributed by atoms with Crippen LogP contribution in [-0.2, 0) is 29.3 Å². The van der Waals surface area contributed by atoms with Crippen LogP contribution in [0.1, 0.15) is 57.0 Å². The molecular weight excluding hydrogens is 376 g/mol. The maximum atomic E-state index is 12.6. The number of benzene rings is 1. The molecule has 0 aliphatic heterocycles. The van der Waals surface area contributed by atoms with E-state index < -0.39 is 42.1 Å². The smallest absolute Gasteiger partial charge is 0.312 e. The second-order valence-electron chi connectivity index (χ2n) is 7.55.